The molecule has 1 aliphatic heterocycles. The zero-order valence-corrected chi connectivity index (χ0v) is 7.28. The van der Waals surface area contributed by atoms with Crippen molar-refractivity contribution in [1.29, 1.82) is 0 Å². The number of hydrogen-bond acceptors (Lipinski definition) is 3. The summed E-state index contributed by atoms with van der Waals surface area (Å²) in [6, 6.07) is 0. The predicted octanol–water partition coefficient (Wildman–Crippen LogP) is 0.191. The molecule has 5 heteroatoms. The number of aromatic carboxylic acids is 1. The molecule has 70 valence electrons. The van der Waals surface area contributed by atoms with Gasteiger partial charge < -0.3 is 14.4 Å². The van der Waals surface area contributed by atoms with Crippen LogP contribution in [-0.2, 0) is 24.8 Å². The van der Waals surface area contributed by atoms with E-state index in [1.54, 1.807) is 11.6 Å². The van der Waals surface area contributed by atoms with Gasteiger partial charge in [0, 0.05) is 13.5 Å². The summed E-state index contributed by atoms with van der Waals surface area (Å²) in [4.78, 5) is 14.7. The number of hydrogen-bond donors (Lipinski definition) is 1. The molecule has 0 aromatic carbocycles. The van der Waals surface area contributed by atoms with Crippen LogP contribution < -0.4 is 0 Å². The van der Waals surface area contributed by atoms with Gasteiger partial charge in [0.25, 0.3) is 0 Å². The van der Waals surface area contributed by atoms with Gasteiger partial charge in [0.2, 0.25) is 5.82 Å². The van der Waals surface area contributed by atoms with Gasteiger partial charge in [-0.2, -0.15) is 0 Å². The van der Waals surface area contributed by atoms with Crippen LogP contribution in [0.1, 0.15) is 22.0 Å². The van der Waals surface area contributed by atoms with E-state index in [9.17, 15) is 4.79 Å². The molecule has 0 atom stereocenters. The van der Waals surface area contributed by atoms with Crippen LogP contribution in [0.4, 0.5) is 0 Å². The Kier molecular flexibility index (Phi) is 1.81. The van der Waals surface area contributed by atoms with Crippen LogP contribution in [0.5, 0.6) is 0 Å². The number of imidazole rings is 1. The lowest BCUT2D eigenvalue weighted by atomic mass is 10.2. The van der Waals surface area contributed by atoms with Crippen molar-refractivity contribution in [3.63, 3.8) is 0 Å². The van der Waals surface area contributed by atoms with E-state index in [4.69, 9.17) is 9.84 Å². The maximum Gasteiger partial charge on any atom is 0.372 e. The third kappa shape index (κ3) is 1.21. The highest BCUT2D eigenvalue weighted by Crippen LogP contribution is 2.16. The normalized spacial score (nSPS) is 15.5. The fraction of sp³-hybridized carbons (Fsp3) is 0.500. The first-order chi connectivity index (χ1) is 6.20. The van der Waals surface area contributed by atoms with Crippen LogP contribution in [0.25, 0.3) is 0 Å². The molecule has 0 unspecified atom stereocenters. The predicted molar refractivity (Wildman–Crippen MR) is 43.5 cm³/mol. The van der Waals surface area contributed by atoms with Crippen molar-refractivity contribution >= 4 is 5.97 Å². The molecule has 13 heavy (non-hydrogen) atoms. The Balaban J connectivity index is 2.50. The molecule has 2 heterocycles. The lowest BCUT2D eigenvalue weighted by Gasteiger charge is -2.11. The van der Waals surface area contributed by atoms with Crippen LogP contribution in [0, 0.1) is 0 Å². The molecule has 0 spiro atoms. The Hall–Kier alpha value is -1.36. The number of carboxylic acid groups (broad SMARTS) is 1. The molecule has 0 fully saturated rings. The summed E-state index contributed by atoms with van der Waals surface area (Å²) < 4.78 is 6.80. The fourth-order valence-electron chi connectivity index (χ4n) is 1.50. The van der Waals surface area contributed by atoms with Crippen molar-refractivity contribution in [2.24, 2.45) is 7.05 Å². The molecule has 1 aromatic rings. The number of fused-ring (bicyclic) bond motifs is 1. The van der Waals surface area contributed by atoms with Gasteiger partial charge in [-0.05, 0) is 0 Å². The molecule has 0 radical (unpaired) electrons. The first-order valence-corrected chi connectivity index (χ1v) is 4.05. The van der Waals surface area contributed by atoms with Gasteiger partial charge in [-0.25, -0.2) is 9.78 Å². The smallest absolute Gasteiger partial charge is 0.372 e. The monoisotopic (exact) mass is 182 g/mol. The molecule has 1 aliphatic rings. The molecular formula is C8H10N2O3. The highest BCUT2D eigenvalue weighted by atomic mass is 16.5. The Morgan fingerprint density at radius 1 is 1.69 bits per heavy atom. The van der Waals surface area contributed by atoms with Gasteiger partial charge in [-0.15, -0.1) is 0 Å². The van der Waals surface area contributed by atoms with Crippen molar-refractivity contribution in [2.45, 2.75) is 13.0 Å². The van der Waals surface area contributed by atoms with Gasteiger partial charge in [0.15, 0.2) is 0 Å². The standard InChI is InChI=1S/C8H10N2O3/c1-10-6-4-13-3-2-5(6)9-7(10)8(11)12/h2-4H2,1H3,(H,11,12). The van der Waals surface area contributed by atoms with Crippen molar-refractivity contribution in [2.75, 3.05) is 6.61 Å². The van der Waals surface area contributed by atoms with E-state index in [1.807, 2.05) is 0 Å². The Morgan fingerprint density at radius 3 is 3.08 bits per heavy atom. The van der Waals surface area contributed by atoms with Crippen LogP contribution >= 0.6 is 0 Å². The van der Waals surface area contributed by atoms with Gasteiger partial charge in [-0.3, -0.25) is 0 Å². The van der Waals surface area contributed by atoms with Crippen molar-refractivity contribution in [3.8, 4) is 0 Å². The Morgan fingerprint density at radius 2 is 2.46 bits per heavy atom. The minimum Gasteiger partial charge on any atom is -0.475 e. The summed E-state index contributed by atoms with van der Waals surface area (Å²) in [6.45, 7) is 1.09. The van der Waals surface area contributed by atoms with E-state index < -0.39 is 5.97 Å². The minimum absolute atomic E-state index is 0.0931. The summed E-state index contributed by atoms with van der Waals surface area (Å²) in [6.07, 6.45) is 0.705. The van der Waals surface area contributed by atoms with E-state index >= 15 is 0 Å². The first-order valence-electron chi connectivity index (χ1n) is 4.05. The number of rotatable bonds is 1. The summed E-state index contributed by atoms with van der Waals surface area (Å²) in [7, 11) is 1.70. The lowest BCUT2D eigenvalue weighted by Crippen LogP contribution is -2.12. The van der Waals surface area contributed by atoms with E-state index in [-0.39, 0.29) is 5.82 Å². The summed E-state index contributed by atoms with van der Waals surface area (Å²) in [5, 5.41) is 8.79. The van der Waals surface area contributed by atoms with Gasteiger partial charge in [0.05, 0.1) is 24.6 Å². The molecule has 5 nitrogen and oxygen atoms in total. The number of nitrogens with zero attached hydrogens (tertiary/aromatic N) is 2. The number of ether oxygens (including phenoxy) is 1. The van der Waals surface area contributed by atoms with Crippen LogP contribution in [0.2, 0.25) is 0 Å². The lowest BCUT2D eigenvalue weighted by molar-refractivity contribution is 0.0678. The molecule has 0 saturated carbocycles. The summed E-state index contributed by atoms with van der Waals surface area (Å²) >= 11 is 0. The Bertz CT molecular complexity index is 357. The van der Waals surface area contributed by atoms with Gasteiger partial charge in [-0.1, -0.05) is 0 Å². The third-order valence-electron chi connectivity index (χ3n) is 2.21. The highest BCUT2D eigenvalue weighted by Gasteiger charge is 2.21. The van der Waals surface area contributed by atoms with Crippen LogP contribution in [0.15, 0.2) is 0 Å². The van der Waals surface area contributed by atoms with Crippen LogP contribution in [-0.4, -0.2) is 27.2 Å². The quantitative estimate of drug-likeness (QED) is 0.673. The molecule has 0 aliphatic carbocycles. The molecule has 1 N–H and O–H groups in total. The second kappa shape index (κ2) is 2.85. The second-order valence-corrected chi connectivity index (χ2v) is 3.00. The second-order valence-electron chi connectivity index (χ2n) is 3.00. The largest absolute Gasteiger partial charge is 0.475 e. The molecular weight excluding hydrogens is 172 g/mol. The van der Waals surface area contributed by atoms with E-state index in [0.29, 0.717) is 19.6 Å². The van der Waals surface area contributed by atoms with Crippen LogP contribution in [0.3, 0.4) is 0 Å². The summed E-state index contributed by atoms with van der Waals surface area (Å²) in [5.41, 5.74) is 1.73. The maximum atomic E-state index is 10.7. The number of carbonyl (C=O) groups is 1. The topological polar surface area (TPSA) is 64.4 Å². The van der Waals surface area contributed by atoms with Gasteiger partial charge in [0.1, 0.15) is 0 Å². The average Bonchev–Trinajstić information content (AvgIpc) is 2.45. The van der Waals surface area contributed by atoms with E-state index in [0.717, 1.165) is 11.4 Å². The minimum atomic E-state index is -0.989. The zero-order chi connectivity index (χ0) is 9.42. The number of carboxylic acids is 1. The molecule has 0 bridgehead atoms. The third-order valence-corrected chi connectivity index (χ3v) is 2.21. The molecule has 1 aromatic heterocycles. The SMILES string of the molecule is Cn1c(C(=O)O)nc2c1COCC2. The van der Waals surface area contributed by atoms with Crippen molar-refractivity contribution in [3.05, 3.63) is 17.2 Å². The fourth-order valence-corrected chi connectivity index (χ4v) is 1.50. The van der Waals surface area contributed by atoms with E-state index in [1.165, 1.54) is 0 Å². The Labute approximate surface area is 75.0 Å². The molecule has 2 rings (SSSR count). The highest BCUT2D eigenvalue weighted by molar-refractivity contribution is 5.83. The van der Waals surface area contributed by atoms with Crippen molar-refractivity contribution in [1.82, 2.24) is 9.55 Å². The maximum absolute atomic E-state index is 10.7. The average molecular weight is 182 g/mol. The summed E-state index contributed by atoms with van der Waals surface area (Å²) in [5.74, 6) is -0.896. The zero-order valence-electron chi connectivity index (χ0n) is 7.28. The molecule has 0 saturated heterocycles. The van der Waals surface area contributed by atoms with Crippen molar-refractivity contribution < 1.29 is 14.6 Å². The first kappa shape index (κ1) is 8.25. The number of aromatic nitrogens is 2. The van der Waals surface area contributed by atoms with Gasteiger partial charge >= 0.3 is 5.97 Å². The molecule has 0 amide bonds. The van der Waals surface area contributed by atoms with E-state index in [2.05, 4.69) is 4.98 Å².